The van der Waals surface area contributed by atoms with E-state index < -0.39 is 99.8 Å². The zero-order chi connectivity index (χ0) is 41.5. The van der Waals surface area contributed by atoms with Crippen LogP contribution in [-0.2, 0) is 42.9 Å². The maximum Gasteiger partial charge on any atom is 0.409 e. The van der Waals surface area contributed by atoms with Crippen LogP contribution in [0.5, 0.6) is 0 Å². The van der Waals surface area contributed by atoms with Crippen molar-refractivity contribution in [2.45, 2.75) is 123 Å². The summed E-state index contributed by atoms with van der Waals surface area (Å²) in [6.45, 7) is 14.4. The number of esters is 3. The fourth-order valence-electron chi connectivity index (χ4n) is 10.2. The Morgan fingerprint density at radius 3 is 2.21 bits per heavy atom. The molecule has 307 valence electrons. The minimum Gasteiger partial charge on any atom is -0.455 e. The van der Waals surface area contributed by atoms with Crippen LogP contribution in [0.4, 0.5) is 4.79 Å². The third kappa shape index (κ3) is 7.17. The molecule has 5 rings (SSSR count). The van der Waals surface area contributed by atoms with Crippen LogP contribution >= 0.6 is 0 Å². The summed E-state index contributed by atoms with van der Waals surface area (Å²) in [6, 6.07) is 8.87. The van der Waals surface area contributed by atoms with Crippen molar-refractivity contribution in [2.75, 3.05) is 27.1 Å². The van der Waals surface area contributed by atoms with E-state index in [0.717, 1.165) is 0 Å². The van der Waals surface area contributed by atoms with Crippen molar-refractivity contribution < 1.29 is 58.0 Å². The van der Waals surface area contributed by atoms with E-state index >= 15 is 4.79 Å². The molecule has 15 heteroatoms. The molecule has 3 aliphatic carbocycles. The number of fused-ring (bicyclic) bond motifs is 5. The number of hydrogen-bond acceptors (Lipinski definition) is 13. The summed E-state index contributed by atoms with van der Waals surface area (Å²) in [5.41, 5.74) is -1.69. The van der Waals surface area contributed by atoms with Gasteiger partial charge in [0, 0.05) is 56.4 Å². The van der Waals surface area contributed by atoms with E-state index in [1.54, 1.807) is 93.2 Å². The predicted octanol–water partition coefficient (Wildman–Crippen LogP) is 4.12. The Kier molecular flexibility index (Phi) is 12.6. The number of Topliss-reactive ketones (excluding diaryl/α,β-unsaturated/α-hetero) is 1. The Bertz CT molecular complexity index is 1720. The maximum absolute atomic E-state index is 15.6. The highest BCUT2D eigenvalue weighted by Crippen LogP contribution is 2.67. The Morgan fingerprint density at radius 1 is 1.02 bits per heavy atom. The highest BCUT2D eigenvalue weighted by atomic mass is 16.6. The average molecular weight is 782 g/mol. The lowest BCUT2D eigenvalue weighted by Crippen LogP contribution is -2.75. The molecule has 0 aromatic heterocycles. The van der Waals surface area contributed by atoms with Crippen molar-refractivity contribution in [3.05, 3.63) is 47.0 Å². The number of nitrogens with one attached hydrogen (secondary N) is 1. The van der Waals surface area contributed by atoms with Crippen LogP contribution in [0.2, 0.25) is 0 Å². The summed E-state index contributed by atoms with van der Waals surface area (Å²) in [5, 5.41) is 22.9. The minimum atomic E-state index is -1.71. The molecular formula is C41H58BN2O12. The molecule has 56 heavy (non-hydrogen) atoms. The SMILES string of the molecule is CCC(=O)O[C@H]1C(=O)[C@]2(C)[C@@H](OC(=O)N(C)C)C[C@H]3OC[C@@]3(C)[C@H]2[C@H](C)[C@]2(O)C[C@H](OC(=O)[C@H](OC(=O)CC)[C@@H]([B]CNO)c3ccccc3)C(C)=C1C2(C)C. The van der Waals surface area contributed by atoms with Gasteiger partial charge in [0.1, 0.15) is 19.5 Å². The molecule has 2 saturated carbocycles. The average Bonchev–Trinajstić information content (AvgIpc) is 3.15. The molecule has 1 aromatic rings. The smallest absolute Gasteiger partial charge is 0.409 e. The summed E-state index contributed by atoms with van der Waals surface area (Å²) in [6.07, 6.45) is -6.24. The van der Waals surface area contributed by atoms with E-state index in [1.807, 2.05) is 13.8 Å². The van der Waals surface area contributed by atoms with Crippen LogP contribution in [-0.4, -0.2) is 116 Å². The summed E-state index contributed by atoms with van der Waals surface area (Å²) in [5.74, 6) is -4.92. The summed E-state index contributed by atoms with van der Waals surface area (Å²) < 4.78 is 30.3. The zero-order valence-electron chi connectivity index (χ0n) is 34.2. The number of nitrogens with zero attached hydrogens (tertiary/aromatic N) is 1. The maximum atomic E-state index is 15.6. The molecule has 0 spiro atoms. The van der Waals surface area contributed by atoms with Crippen molar-refractivity contribution in [2.24, 2.45) is 28.1 Å². The number of benzene rings is 1. The quantitative estimate of drug-likeness (QED) is 0.0905. The van der Waals surface area contributed by atoms with E-state index in [2.05, 4.69) is 5.48 Å². The van der Waals surface area contributed by atoms with Gasteiger partial charge in [0.2, 0.25) is 0 Å². The van der Waals surface area contributed by atoms with Gasteiger partial charge in [0.15, 0.2) is 18.0 Å². The summed E-state index contributed by atoms with van der Waals surface area (Å²) in [7, 11) is 4.69. The largest absolute Gasteiger partial charge is 0.455 e. The van der Waals surface area contributed by atoms with Crippen molar-refractivity contribution in [3.8, 4) is 0 Å². The molecule has 3 N–H and O–H groups in total. The van der Waals surface area contributed by atoms with Crippen LogP contribution < -0.4 is 5.48 Å². The first kappa shape index (κ1) is 43.3. The first-order valence-corrected chi connectivity index (χ1v) is 19.6. The fourth-order valence-corrected chi connectivity index (χ4v) is 10.2. The number of ketones is 1. The van der Waals surface area contributed by atoms with Crippen molar-refractivity contribution in [3.63, 3.8) is 0 Å². The molecule has 14 nitrogen and oxygen atoms in total. The Labute approximate surface area is 330 Å². The predicted molar refractivity (Wildman–Crippen MR) is 203 cm³/mol. The molecule has 11 atom stereocenters. The molecule has 3 fully saturated rings. The van der Waals surface area contributed by atoms with Crippen molar-refractivity contribution in [1.82, 2.24) is 10.4 Å². The number of hydroxylamine groups is 1. The first-order valence-electron chi connectivity index (χ1n) is 19.6. The van der Waals surface area contributed by atoms with Gasteiger partial charge >= 0.3 is 24.0 Å². The van der Waals surface area contributed by atoms with E-state index in [4.69, 9.17) is 23.7 Å². The molecule has 1 aromatic carbocycles. The second-order valence-electron chi connectivity index (χ2n) is 17.0. The second-order valence-corrected chi connectivity index (χ2v) is 17.0. The van der Waals surface area contributed by atoms with Gasteiger partial charge in [0.25, 0.3) is 0 Å². The number of carbonyl (C=O) groups excluding carboxylic acids is 5. The lowest BCUT2D eigenvalue weighted by atomic mass is 9.40. The van der Waals surface area contributed by atoms with E-state index in [9.17, 15) is 29.5 Å². The number of ether oxygens (including phenoxy) is 5. The topological polar surface area (TPSA) is 187 Å². The van der Waals surface area contributed by atoms with Gasteiger partial charge < -0.3 is 38.9 Å². The molecule has 1 radical (unpaired) electrons. The number of aliphatic hydroxyl groups is 1. The number of rotatable bonds is 12. The fraction of sp³-hybridized carbons (Fsp3) is 0.683. The van der Waals surface area contributed by atoms with Crippen LogP contribution in [0.1, 0.15) is 92.5 Å². The molecule has 1 aliphatic heterocycles. The lowest BCUT2D eigenvalue weighted by Gasteiger charge is -2.68. The molecular weight excluding hydrogens is 723 g/mol. The van der Waals surface area contributed by atoms with E-state index in [-0.39, 0.29) is 44.3 Å². The van der Waals surface area contributed by atoms with Crippen molar-refractivity contribution >= 4 is 37.1 Å². The Balaban J connectivity index is 1.69. The highest BCUT2D eigenvalue weighted by Gasteiger charge is 2.74. The molecule has 1 saturated heterocycles. The second kappa shape index (κ2) is 16.2. The molecule has 1 heterocycles. The van der Waals surface area contributed by atoms with Crippen LogP contribution in [0, 0.1) is 28.1 Å². The molecule has 0 unspecified atom stereocenters. The first-order chi connectivity index (χ1) is 26.2. The third-order valence-corrected chi connectivity index (χ3v) is 13.4. The number of hydrogen-bond donors (Lipinski definition) is 3. The van der Waals surface area contributed by atoms with Gasteiger partial charge in [-0.2, -0.15) is 0 Å². The van der Waals surface area contributed by atoms with Gasteiger partial charge in [-0.15, -0.1) is 0 Å². The van der Waals surface area contributed by atoms with Crippen LogP contribution in [0.25, 0.3) is 0 Å². The normalized spacial score (nSPS) is 34.2. The minimum absolute atomic E-state index is 0.0252. The van der Waals surface area contributed by atoms with Gasteiger partial charge in [-0.3, -0.25) is 14.4 Å². The molecule has 1 amide bonds. The summed E-state index contributed by atoms with van der Waals surface area (Å²) >= 11 is 0. The van der Waals surface area contributed by atoms with E-state index in [1.165, 1.54) is 4.90 Å². The van der Waals surface area contributed by atoms with E-state index in [0.29, 0.717) is 11.1 Å². The number of amides is 1. The molecule has 2 bridgehead atoms. The highest BCUT2D eigenvalue weighted by molar-refractivity contribution is 6.39. The van der Waals surface area contributed by atoms with Crippen LogP contribution in [0.15, 0.2) is 41.5 Å². The number of carbonyl (C=O) groups is 5. The molecule has 4 aliphatic rings. The Hall–Kier alpha value is -3.79. The van der Waals surface area contributed by atoms with Gasteiger partial charge in [-0.1, -0.05) is 71.9 Å². The monoisotopic (exact) mass is 781 g/mol. The van der Waals surface area contributed by atoms with Gasteiger partial charge in [-0.25, -0.2) is 15.1 Å². The van der Waals surface area contributed by atoms with Crippen molar-refractivity contribution in [1.29, 1.82) is 0 Å². The Morgan fingerprint density at radius 2 is 1.66 bits per heavy atom. The van der Waals surface area contributed by atoms with Gasteiger partial charge in [-0.05, 0) is 48.8 Å². The standard InChI is InChI=1S/C41H58BN2O12/c1-11-28(45)55-32-30-22(3)25(53-36(48)33(56-29(46)12-2)31(42-21-43-51)24-16-14-13-15-17-24)19-41(50,38(30,5)6)23(4)34-39(7)20-52-26(39)18-27(40(34,8)35(32)47)54-37(49)44(9)10/h13-17,23,25-27,31-34,43,50-51H,11-12,18-21H2,1-10H3/t23-,25-,26+,27-,31-,32+,33+,34+,39+,40+,41+/m0/s1. The third-order valence-electron chi connectivity index (χ3n) is 13.4. The lowest BCUT2D eigenvalue weighted by molar-refractivity contribution is -0.302. The van der Waals surface area contributed by atoms with Crippen LogP contribution in [0.3, 0.4) is 0 Å². The zero-order valence-corrected chi connectivity index (χ0v) is 34.2. The van der Waals surface area contributed by atoms with Gasteiger partial charge in [0.05, 0.1) is 23.7 Å². The summed E-state index contributed by atoms with van der Waals surface area (Å²) in [4.78, 5) is 70.6.